The second-order valence-electron chi connectivity index (χ2n) is 4.82. The van der Waals surface area contributed by atoms with E-state index < -0.39 is 0 Å². The first-order chi connectivity index (χ1) is 8.63. The Hall–Kier alpha value is -0.0400. The number of nitrogens with one attached hydrogen (secondary N) is 1. The van der Waals surface area contributed by atoms with Crippen molar-refractivity contribution >= 4 is 40.2 Å². The lowest BCUT2D eigenvalue weighted by atomic mass is 10.1. The molecule has 0 spiro atoms. The summed E-state index contributed by atoms with van der Waals surface area (Å²) in [5.41, 5.74) is 1.18. The number of rotatable bonds is 4. The van der Waals surface area contributed by atoms with Gasteiger partial charge < -0.3 is 5.32 Å². The first-order valence-electron chi connectivity index (χ1n) is 6.56. The van der Waals surface area contributed by atoms with Gasteiger partial charge in [-0.2, -0.15) is 11.8 Å². The van der Waals surface area contributed by atoms with Gasteiger partial charge in [-0.25, -0.2) is 9.97 Å². The molecule has 1 fully saturated rings. The summed E-state index contributed by atoms with van der Waals surface area (Å²) in [4.78, 5) is 9.55. The van der Waals surface area contributed by atoms with E-state index in [9.17, 15) is 0 Å². The molecule has 0 aliphatic carbocycles. The van der Waals surface area contributed by atoms with Crippen LogP contribution >= 0.6 is 34.4 Å². The Kier molecular flexibility index (Phi) is 5.12. The summed E-state index contributed by atoms with van der Waals surface area (Å²) in [7, 11) is 0. The Morgan fingerprint density at radius 1 is 1.44 bits per heavy atom. The smallest absolute Gasteiger partial charge is 0.144 e. The lowest BCUT2D eigenvalue weighted by Gasteiger charge is -2.16. The average molecular weight is 377 g/mol. The van der Waals surface area contributed by atoms with Gasteiger partial charge >= 0.3 is 0 Å². The number of hydrogen-bond donors (Lipinski definition) is 1. The minimum atomic E-state index is 0.447. The zero-order chi connectivity index (χ0) is 13.1. The minimum Gasteiger partial charge on any atom is -0.369 e. The molecule has 3 nitrogen and oxygen atoms in total. The fourth-order valence-corrected chi connectivity index (χ4v) is 4.34. The van der Waals surface area contributed by atoms with Crippen molar-refractivity contribution < 1.29 is 0 Å². The molecule has 0 aromatic carbocycles. The van der Waals surface area contributed by atoms with Crippen molar-refractivity contribution in [2.24, 2.45) is 0 Å². The van der Waals surface area contributed by atoms with Crippen molar-refractivity contribution in [3.8, 4) is 0 Å². The monoisotopic (exact) mass is 377 g/mol. The number of hydrogen-bond acceptors (Lipinski definition) is 4. The van der Waals surface area contributed by atoms with Crippen molar-refractivity contribution in [3.05, 3.63) is 15.1 Å². The van der Waals surface area contributed by atoms with E-state index in [4.69, 9.17) is 9.97 Å². The number of aromatic nitrogens is 2. The van der Waals surface area contributed by atoms with Crippen molar-refractivity contribution in [1.29, 1.82) is 0 Å². The van der Waals surface area contributed by atoms with E-state index in [-0.39, 0.29) is 0 Å². The van der Waals surface area contributed by atoms with Gasteiger partial charge in [-0.15, -0.1) is 0 Å². The molecule has 1 aromatic heterocycles. The Morgan fingerprint density at radius 2 is 2.22 bits per heavy atom. The first-order valence-corrected chi connectivity index (χ1v) is 8.69. The summed E-state index contributed by atoms with van der Waals surface area (Å²) in [6, 6.07) is 0. The van der Waals surface area contributed by atoms with Crippen LogP contribution in [0.1, 0.15) is 56.3 Å². The molecule has 0 amide bonds. The van der Waals surface area contributed by atoms with Crippen molar-refractivity contribution in [3.63, 3.8) is 0 Å². The number of thioether (sulfide) groups is 1. The molecule has 1 aliphatic rings. The highest BCUT2D eigenvalue weighted by Gasteiger charge is 2.23. The topological polar surface area (TPSA) is 37.8 Å². The highest BCUT2D eigenvalue weighted by molar-refractivity contribution is 14.1. The van der Waals surface area contributed by atoms with Crippen molar-refractivity contribution in [1.82, 2.24) is 9.97 Å². The minimum absolute atomic E-state index is 0.447. The van der Waals surface area contributed by atoms with Gasteiger partial charge in [0.25, 0.3) is 0 Å². The van der Waals surface area contributed by atoms with E-state index >= 15 is 0 Å². The van der Waals surface area contributed by atoms with Crippen LogP contribution in [0.2, 0.25) is 0 Å². The molecule has 1 aromatic rings. The maximum atomic E-state index is 4.82. The van der Waals surface area contributed by atoms with E-state index in [1.54, 1.807) is 0 Å². The third-order valence-corrected chi connectivity index (χ3v) is 5.44. The summed E-state index contributed by atoms with van der Waals surface area (Å²) in [5.74, 6) is 3.73. The molecule has 1 saturated heterocycles. The van der Waals surface area contributed by atoms with E-state index in [2.05, 4.69) is 48.7 Å². The predicted octanol–water partition coefficient (Wildman–Crippen LogP) is 4.20. The van der Waals surface area contributed by atoms with Gasteiger partial charge in [0, 0.05) is 6.54 Å². The Bertz CT molecular complexity index is 417. The highest BCUT2D eigenvalue weighted by Crippen LogP contribution is 2.39. The molecule has 2 rings (SSSR count). The zero-order valence-corrected chi connectivity index (χ0v) is 14.1. The lowest BCUT2D eigenvalue weighted by Crippen LogP contribution is -2.11. The standard InChI is InChI=1S/C13H20IN3S/c1-4-15-13-10(14)11(8(2)3)16-12(17-13)9-6-5-7-18-9/h8-9H,4-7H2,1-3H3,(H,15,16,17). The van der Waals surface area contributed by atoms with Crippen LogP contribution in [0.4, 0.5) is 5.82 Å². The van der Waals surface area contributed by atoms with Crippen molar-refractivity contribution in [2.45, 2.75) is 44.8 Å². The molecule has 1 aliphatic heterocycles. The van der Waals surface area contributed by atoms with E-state index in [0.29, 0.717) is 11.2 Å². The van der Waals surface area contributed by atoms with Gasteiger partial charge in [0.15, 0.2) is 0 Å². The Labute approximate surface area is 127 Å². The second-order valence-corrected chi connectivity index (χ2v) is 7.21. The largest absolute Gasteiger partial charge is 0.369 e. The van der Waals surface area contributed by atoms with Gasteiger partial charge in [0.2, 0.25) is 0 Å². The summed E-state index contributed by atoms with van der Waals surface area (Å²) < 4.78 is 1.18. The van der Waals surface area contributed by atoms with Crippen LogP contribution in [0.15, 0.2) is 0 Å². The summed E-state index contributed by atoms with van der Waals surface area (Å²) >= 11 is 4.36. The highest BCUT2D eigenvalue weighted by atomic mass is 127. The number of nitrogens with zero attached hydrogens (tertiary/aromatic N) is 2. The summed E-state index contributed by atoms with van der Waals surface area (Å²) in [6.07, 6.45) is 2.51. The lowest BCUT2D eigenvalue weighted by molar-refractivity contribution is 0.736. The molecule has 5 heteroatoms. The maximum Gasteiger partial charge on any atom is 0.144 e. The molecule has 1 unspecified atom stereocenters. The SMILES string of the molecule is CCNc1nc(C2CCCS2)nc(C(C)C)c1I. The third-order valence-electron chi connectivity index (χ3n) is 3.00. The summed E-state index contributed by atoms with van der Waals surface area (Å²) in [6.45, 7) is 7.41. The van der Waals surface area contributed by atoms with Crippen LogP contribution in [0, 0.1) is 3.57 Å². The normalized spacial score (nSPS) is 19.5. The van der Waals surface area contributed by atoms with Gasteiger partial charge in [-0.3, -0.25) is 0 Å². The zero-order valence-electron chi connectivity index (χ0n) is 11.2. The van der Waals surface area contributed by atoms with Crippen LogP contribution in [0.3, 0.4) is 0 Å². The molecule has 0 saturated carbocycles. The molecule has 18 heavy (non-hydrogen) atoms. The van der Waals surface area contributed by atoms with E-state index in [0.717, 1.165) is 18.2 Å². The average Bonchev–Trinajstić information content (AvgIpc) is 2.85. The fourth-order valence-electron chi connectivity index (χ4n) is 2.07. The molecule has 0 radical (unpaired) electrons. The van der Waals surface area contributed by atoms with E-state index in [1.165, 1.54) is 27.9 Å². The Morgan fingerprint density at radius 3 is 2.78 bits per heavy atom. The van der Waals surface area contributed by atoms with Crippen LogP contribution in [-0.2, 0) is 0 Å². The quantitative estimate of drug-likeness (QED) is 0.798. The summed E-state index contributed by atoms with van der Waals surface area (Å²) in [5, 5.41) is 3.86. The van der Waals surface area contributed by atoms with Gasteiger partial charge in [-0.05, 0) is 54.0 Å². The van der Waals surface area contributed by atoms with Gasteiger partial charge in [0.1, 0.15) is 11.6 Å². The second kappa shape index (κ2) is 6.41. The Balaban J connectivity index is 2.40. The van der Waals surface area contributed by atoms with Crippen molar-refractivity contribution in [2.75, 3.05) is 17.6 Å². The molecular weight excluding hydrogens is 357 g/mol. The molecule has 1 atom stereocenters. The van der Waals surface area contributed by atoms with Gasteiger partial charge in [0.05, 0.1) is 14.5 Å². The maximum absolute atomic E-state index is 4.82. The number of anilines is 1. The molecule has 1 N–H and O–H groups in total. The van der Waals surface area contributed by atoms with Crippen LogP contribution in [-0.4, -0.2) is 22.3 Å². The fraction of sp³-hybridized carbons (Fsp3) is 0.692. The molecule has 2 heterocycles. The van der Waals surface area contributed by atoms with E-state index in [1.807, 2.05) is 11.8 Å². The van der Waals surface area contributed by atoms with Crippen LogP contribution < -0.4 is 5.32 Å². The molecule has 0 bridgehead atoms. The number of halogens is 1. The van der Waals surface area contributed by atoms with Crippen LogP contribution in [0.25, 0.3) is 0 Å². The molecule has 100 valence electrons. The molecular formula is C13H20IN3S. The first kappa shape index (κ1) is 14.4. The van der Waals surface area contributed by atoms with Gasteiger partial charge in [-0.1, -0.05) is 13.8 Å². The third kappa shape index (κ3) is 3.10. The predicted molar refractivity (Wildman–Crippen MR) is 87.4 cm³/mol. The van der Waals surface area contributed by atoms with Crippen LogP contribution in [0.5, 0.6) is 0 Å².